The Balaban J connectivity index is 1.61. The molecule has 0 unspecified atom stereocenters. The Morgan fingerprint density at radius 3 is 2.69 bits per heavy atom. The number of aromatic nitrogens is 3. The first-order chi connectivity index (χ1) is 13.8. The average Bonchev–Trinajstić information content (AvgIpc) is 3.21. The molecule has 3 rings (SSSR count). The number of hydrogen-bond acceptors (Lipinski definition) is 6. The van der Waals surface area contributed by atoms with E-state index in [-0.39, 0.29) is 16.9 Å². The van der Waals surface area contributed by atoms with Gasteiger partial charge >= 0.3 is 5.97 Å². The summed E-state index contributed by atoms with van der Waals surface area (Å²) in [5, 5.41) is 10.6. The molecule has 150 valence electrons. The first kappa shape index (κ1) is 20.3. The molecule has 1 aromatic carbocycles. The number of halogens is 2. The van der Waals surface area contributed by atoms with E-state index in [1.165, 1.54) is 41.1 Å². The second-order valence-corrected chi connectivity index (χ2v) is 6.36. The number of hydrogen-bond donors (Lipinski definition) is 1. The van der Waals surface area contributed by atoms with Crippen LogP contribution in [0.3, 0.4) is 0 Å². The van der Waals surface area contributed by atoms with Gasteiger partial charge in [-0.25, -0.2) is 13.9 Å². The maximum absolute atomic E-state index is 13.1. The van der Waals surface area contributed by atoms with Gasteiger partial charge in [0.25, 0.3) is 5.91 Å². The lowest BCUT2D eigenvalue weighted by Crippen LogP contribution is -2.19. The fraction of sp³-hybridized carbons (Fsp3) is 0.158. The van der Waals surface area contributed by atoms with Gasteiger partial charge in [0.2, 0.25) is 5.88 Å². The molecular weight excluding hydrogens is 403 g/mol. The fourth-order valence-corrected chi connectivity index (χ4v) is 2.72. The number of esters is 1. The Bertz CT molecular complexity index is 1070. The van der Waals surface area contributed by atoms with E-state index >= 15 is 0 Å². The molecule has 8 nitrogen and oxygen atoms in total. The molecule has 0 aliphatic heterocycles. The number of benzene rings is 1. The first-order valence-electron chi connectivity index (χ1n) is 8.42. The SMILES string of the molecule is Cc1cc(NC(=O)COC(=O)/C=C/c2c(C)nn(-c3ccc(F)cc3)c2Cl)on1. The van der Waals surface area contributed by atoms with E-state index in [9.17, 15) is 14.0 Å². The van der Waals surface area contributed by atoms with Crippen molar-refractivity contribution in [2.45, 2.75) is 13.8 Å². The van der Waals surface area contributed by atoms with Gasteiger partial charge in [-0.05, 0) is 44.2 Å². The average molecular weight is 419 g/mol. The molecule has 1 N–H and O–H groups in total. The van der Waals surface area contributed by atoms with Crippen LogP contribution in [-0.4, -0.2) is 33.4 Å². The van der Waals surface area contributed by atoms with Gasteiger partial charge in [-0.2, -0.15) is 5.10 Å². The molecule has 0 saturated heterocycles. The van der Waals surface area contributed by atoms with Crippen LogP contribution in [0.4, 0.5) is 10.3 Å². The van der Waals surface area contributed by atoms with Crippen molar-refractivity contribution in [1.29, 1.82) is 0 Å². The molecule has 0 atom stereocenters. The zero-order valence-electron chi connectivity index (χ0n) is 15.5. The van der Waals surface area contributed by atoms with Gasteiger partial charge in [0, 0.05) is 17.7 Å². The van der Waals surface area contributed by atoms with Crippen molar-refractivity contribution in [3.63, 3.8) is 0 Å². The van der Waals surface area contributed by atoms with Crippen LogP contribution in [0.2, 0.25) is 5.15 Å². The molecule has 29 heavy (non-hydrogen) atoms. The summed E-state index contributed by atoms with van der Waals surface area (Å²) in [6, 6.07) is 7.18. The van der Waals surface area contributed by atoms with Crippen LogP contribution in [0.1, 0.15) is 17.0 Å². The summed E-state index contributed by atoms with van der Waals surface area (Å²) in [6.07, 6.45) is 2.57. The highest BCUT2D eigenvalue weighted by Crippen LogP contribution is 2.24. The normalized spacial score (nSPS) is 11.0. The Morgan fingerprint density at radius 2 is 2.03 bits per heavy atom. The number of carbonyl (C=O) groups is 2. The third-order valence-corrected chi connectivity index (χ3v) is 4.11. The van der Waals surface area contributed by atoms with Gasteiger partial charge < -0.3 is 9.26 Å². The highest BCUT2D eigenvalue weighted by Gasteiger charge is 2.14. The third-order valence-electron chi connectivity index (χ3n) is 3.74. The number of carbonyl (C=O) groups excluding carboxylic acids is 2. The van der Waals surface area contributed by atoms with Crippen molar-refractivity contribution in [2.24, 2.45) is 0 Å². The summed E-state index contributed by atoms with van der Waals surface area (Å²) in [6.45, 7) is 2.92. The van der Waals surface area contributed by atoms with Crippen LogP contribution in [-0.2, 0) is 14.3 Å². The molecular formula is C19H16ClFN4O4. The topological polar surface area (TPSA) is 99.2 Å². The largest absolute Gasteiger partial charge is 0.452 e. The van der Waals surface area contributed by atoms with Crippen molar-refractivity contribution in [3.8, 4) is 5.69 Å². The summed E-state index contributed by atoms with van der Waals surface area (Å²) < 4.78 is 24.2. The quantitative estimate of drug-likeness (QED) is 0.486. The number of amides is 1. The van der Waals surface area contributed by atoms with Gasteiger partial charge in [0.1, 0.15) is 11.0 Å². The van der Waals surface area contributed by atoms with Gasteiger partial charge in [-0.3, -0.25) is 10.1 Å². The Morgan fingerprint density at radius 1 is 1.31 bits per heavy atom. The molecule has 0 aliphatic rings. The molecule has 0 spiro atoms. The van der Waals surface area contributed by atoms with Crippen LogP contribution < -0.4 is 5.32 Å². The lowest BCUT2D eigenvalue weighted by molar-refractivity contribution is -0.142. The maximum atomic E-state index is 13.1. The lowest BCUT2D eigenvalue weighted by atomic mass is 10.2. The van der Waals surface area contributed by atoms with Crippen molar-refractivity contribution < 1.29 is 23.2 Å². The summed E-state index contributed by atoms with van der Waals surface area (Å²) in [5.41, 5.74) is 2.23. The minimum atomic E-state index is -0.737. The van der Waals surface area contributed by atoms with E-state index in [1.54, 1.807) is 13.8 Å². The first-order valence-corrected chi connectivity index (χ1v) is 8.80. The fourth-order valence-electron chi connectivity index (χ4n) is 2.39. The van der Waals surface area contributed by atoms with Crippen LogP contribution in [0.15, 0.2) is 40.9 Å². The van der Waals surface area contributed by atoms with Crippen LogP contribution >= 0.6 is 11.6 Å². The van der Waals surface area contributed by atoms with Crippen LogP contribution in [0, 0.1) is 19.7 Å². The Hall–Kier alpha value is -3.46. The van der Waals surface area contributed by atoms with Crippen molar-refractivity contribution in [1.82, 2.24) is 14.9 Å². The van der Waals surface area contributed by atoms with Crippen LogP contribution in [0.5, 0.6) is 0 Å². The van der Waals surface area contributed by atoms with Gasteiger partial charge in [0.15, 0.2) is 6.61 Å². The number of aryl methyl sites for hydroxylation is 2. The predicted molar refractivity (Wildman–Crippen MR) is 103 cm³/mol. The minimum absolute atomic E-state index is 0.162. The molecule has 0 bridgehead atoms. The van der Waals surface area contributed by atoms with Gasteiger partial charge in [-0.15, -0.1) is 0 Å². The molecule has 0 aliphatic carbocycles. The van der Waals surface area contributed by atoms with Crippen molar-refractivity contribution >= 4 is 35.4 Å². The summed E-state index contributed by atoms with van der Waals surface area (Å²) in [7, 11) is 0. The van der Waals surface area contributed by atoms with E-state index in [2.05, 4.69) is 15.6 Å². The van der Waals surface area contributed by atoms with E-state index in [4.69, 9.17) is 20.9 Å². The van der Waals surface area contributed by atoms with Crippen molar-refractivity contribution in [3.05, 3.63) is 64.3 Å². The van der Waals surface area contributed by atoms with E-state index in [1.807, 2.05) is 0 Å². The summed E-state index contributed by atoms with van der Waals surface area (Å²) in [4.78, 5) is 23.6. The molecule has 2 heterocycles. The van der Waals surface area contributed by atoms with E-state index in [0.717, 1.165) is 6.08 Å². The highest BCUT2D eigenvalue weighted by atomic mass is 35.5. The molecule has 10 heteroatoms. The highest BCUT2D eigenvalue weighted by molar-refractivity contribution is 6.31. The minimum Gasteiger partial charge on any atom is -0.452 e. The molecule has 0 saturated carbocycles. The smallest absolute Gasteiger partial charge is 0.331 e. The Labute approximate surface area is 169 Å². The second-order valence-electron chi connectivity index (χ2n) is 6.00. The van der Waals surface area contributed by atoms with Crippen molar-refractivity contribution in [2.75, 3.05) is 11.9 Å². The molecule has 0 radical (unpaired) electrons. The number of nitrogens with one attached hydrogen (secondary N) is 1. The standard InChI is InChI=1S/C19H16ClFN4O4/c1-11-9-17(29-24-11)22-16(26)10-28-18(27)8-7-15-12(2)23-25(19(15)20)14-5-3-13(21)4-6-14/h3-9H,10H2,1-2H3,(H,22,26)/b8-7+. The van der Waals surface area contributed by atoms with E-state index in [0.29, 0.717) is 22.6 Å². The number of rotatable bonds is 6. The van der Waals surface area contributed by atoms with Gasteiger partial charge in [-0.1, -0.05) is 16.8 Å². The zero-order chi connectivity index (χ0) is 21.0. The molecule has 0 fully saturated rings. The molecule has 2 aromatic heterocycles. The summed E-state index contributed by atoms with van der Waals surface area (Å²) >= 11 is 6.33. The maximum Gasteiger partial charge on any atom is 0.331 e. The number of nitrogens with zero attached hydrogens (tertiary/aromatic N) is 3. The molecule has 1 amide bonds. The molecule has 3 aromatic rings. The monoisotopic (exact) mass is 418 g/mol. The Kier molecular flexibility index (Phi) is 6.08. The number of anilines is 1. The van der Waals surface area contributed by atoms with E-state index < -0.39 is 18.5 Å². The predicted octanol–water partition coefficient (Wildman–Crippen LogP) is 3.46. The summed E-state index contributed by atoms with van der Waals surface area (Å²) in [5.74, 6) is -1.52. The zero-order valence-corrected chi connectivity index (χ0v) is 16.2. The second kappa shape index (κ2) is 8.70. The lowest BCUT2D eigenvalue weighted by Gasteiger charge is -2.03. The number of ether oxygens (including phenoxy) is 1. The van der Waals surface area contributed by atoms with Crippen LogP contribution in [0.25, 0.3) is 11.8 Å². The van der Waals surface area contributed by atoms with Gasteiger partial charge in [0.05, 0.1) is 17.1 Å². The third kappa shape index (κ3) is 5.08.